The normalized spacial score (nSPS) is 10.8. The fourth-order valence-electron chi connectivity index (χ4n) is 2.94. The van der Waals surface area contributed by atoms with Gasteiger partial charge in [0.15, 0.2) is 0 Å². The molecule has 0 aromatic heterocycles. The minimum atomic E-state index is -0.313. The first-order chi connectivity index (χ1) is 12.8. The molecule has 0 heterocycles. The molecule has 2 nitrogen and oxygen atoms in total. The number of unbranched alkanes of at least 4 members (excludes halogenated alkanes) is 7. The second-order valence-electron chi connectivity index (χ2n) is 6.56. The summed E-state index contributed by atoms with van der Waals surface area (Å²) in [7, 11) is 0. The average Bonchev–Trinajstić information content (AvgIpc) is 2.68. The van der Waals surface area contributed by atoms with Gasteiger partial charge in [0.1, 0.15) is 0 Å². The molecule has 26 heavy (non-hydrogen) atoms. The van der Waals surface area contributed by atoms with Gasteiger partial charge in [-0.2, -0.15) is 0 Å². The molecule has 0 saturated heterocycles. The van der Waals surface area contributed by atoms with Crippen molar-refractivity contribution in [3.05, 3.63) is 55.1 Å². The van der Waals surface area contributed by atoms with Crippen LogP contribution in [0.2, 0.25) is 0 Å². The summed E-state index contributed by atoms with van der Waals surface area (Å²) in [6.07, 6.45) is 11.1. The molecule has 0 amide bonds. The van der Waals surface area contributed by atoms with Gasteiger partial charge in [-0.3, -0.25) is 0 Å². The predicted molar refractivity (Wildman–Crippen MR) is 113 cm³/mol. The molecule has 0 aliphatic carbocycles. The summed E-state index contributed by atoms with van der Waals surface area (Å²) in [6, 6.07) is 15.3. The number of thioether (sulfide) groups is 1. The van der Waals surface area contributed by atoms with Crippen LogP contribution in [-0.2, 0) is 9.53 Å². The van der Waals surface area contributed by atoms with Crippen LogP contribution in [0.1, 0.15) is 51.4 Å². The van der Waals surface area contributed by atoms with Gasteiger partial charge in [-0.05, 0) is 41.5 Å². The molecule has 0 bridgehead atoms. The second kappa shape index (κ2) is 12.6. The van der Waals surface area contributed by atoms with Crippen LogP contribution in [0.15, 0.2) is 60.0 Å². The molecule has 2 aromatic carbocycles. The monoisotopic (exact) mass is 370 g/mol. The van der Waals surface area contributed by atoms with Crippen LogP contribution < -0.4 is 0 Å². The van der Waals surface area contributed by atoms with Crippen LogP contribution >= 0.6 is 11.8 Å². The summed E-state index contributed by atoms with van der Waals surface area (Å²) >= 11 is 1.97. The minimum Gasteiger partial charge on any atom is -0.463 e. The molecule has 2 rings (SSSR count). The van der Waals surface area contributed by atoms with Gasteiger partial charge in [-0.25, -0.2) is 4.79 Å². The minimum absolute atomic E-state index is 0.313. The Kier molecular flexibility index (Phi) is 9.96. The van der Waals surface area contributed by atoms with Crippen LogP contribution in [0.4, 0.5) is 0 Å². The molecule has 0 aliphatic heterocycles. The quantitative estimate of drug-likeness (QED) is 0.168. The maximum atomic E-state index is 10.9. The number of hydrogen-bond acceptors (Lipinski definition) is 3. The topological polar surface area (TPSA) is 26.3 Å². The SMILES string of the molecule is C=CC(=O)OCCCCCCCCCCSc1ccc2ccccc2c1. The Hall–Kier alpha value is -1.74. The van der Waals surface area contributed by atoms with Crippen LogP contribution in [0, 0.1) is 0 Å². The molecule has 0 saturated carbocycles. The molecule has 0 fully saturated rings. The summed E-state index contributed by atoms with van der Waals surface area (Å²) in [5.41, 5.74) is 0. The van der Waals surface area contributed by atoms with Gasteiger partial charge in [-0.15, -0.1) is 11.8 Å². The molecule has 140 valence electrons. The third-order valence-corrected chi connectivity index (χ3v) is 5.52. The van der Waals surface area contributed by atoms with Crippen LogP contribution in [0.3, 0.4) is 0 Å². The van der Waals surface area contributed by atoms with Gasteiger partial charge < -0.3 is 4.74 Å². The van der Waals surface area contributed by atoms with Crippen LogP contribution in [0.25, 0.3) is 10.8 Å². The molecule has 3 heteroatoms. The van der Waals surface area contributed by atoms with Gasteiger partial charge in [-0.1, -0.05) is 75.4 Å². The van der Waals surface area contributed by atoms with Crippen molar-refractivity contribution >= 4 is 28.5 Å². The molecule has 0 atom stereocenters. The first kappa shape index (κ1) is 20.6. The summed E-state index contributed by atoms with van der Waals surface area (Å²) in [5.74, 6) is 0.888. The van der Waals surface area contributed by atoms with Gasteiger partial charge in [0, 0.05) is 11.0 Å². The van der Waals surface area contributed by atoms with E-state index in [1.165, 1.54) is 66.0 Å². The van der Waals surface area contributed by atoms with E-state index in [1.807, 2.05) is 11.8 Å². The van der Waals surface area contributed by atoms with Gasteiger partial charge in [0.2, 0.25) is 0 Å². The Labute approximate surface area is 162 Å². The largest absolute Gasteiger partial charge is 0.463 e. The third-order valence-electron chi connectivity index (χ3n) is 4.44. The van der Waals surface area contributed by atoms with Crippen molar-refractivity contribution in [1.82, 2.24) is 0 Å². The lowest BCUT2D eigenvalue weighted by Gasteiger charge is -2.05. The van der Waals surface area contributed by atoms with Gasteiger partial charge in [0.25, 0.3) is 0 Å². The number of carbonyl (C=O) groups excluding carboxylic acids is 1. The zero-order valence-corrected chi connectivity index (χ0v) is 16.4. The smallest absolute Gasteiger partial charge is 0.330 e. The van der Waals surface area contributed by atoms with Crippen LogP contribution in [-0.4, -0.2) is 18.3 Å². The fourth-order valence-corrected chi connectivity index (χ4v) is 3.90. The highest BCUT2D eigenvalue weighted by atomic mass is 32.2. The summed E-state index contributed by atoms with van der Waals surface area (Å²) in [5, 5.41) is 2.65. The zero-order chi connectivity index (χ0) is 18.5. The Morgan fingerprint density at radius 2 is 1.54 bits per heavy atom. The molecule has 0 spiro atoms. The maximum Gasteiger partial charge on any atom is 0.330 e. The van der Waals surface area contributed by atoms with Crippen molar-refractivity contribution < 1.29 is 9.53 Å². The Morgan fingerprint density at radius 1 is 0.885 bits per heavy atom. The summed E-state index contributed by atoms with van der Waals surface area (Å²) < 4.78 is 4.96. The van der Waals surface area contributed by atoms with Gasteiger partial charge >= 0.3 is 5.97 Å². The fraction of sp³-hybridized carbons (Fsp3) is 0.435. The summed E-state index contributed by atoms with van der Waals surface area (Å²) in [6.45, 7) is 3.91. The Bertz CT molecular complexity index is 681. The first-order valence-corrected chi connectivity index (χ1v) is 10.7. The van der Waals surface area contributed by atoms with E-state index in [9.17, 15) is 4.79 Å². The lowest BCUT2D eigenvalue weighted by Crippen LogP contribution is -2.01. The predicted octanol–water partition coefficient (Wildman–Crippen LogP) is 6.78. The molecule has 0 unspecified atom stereocenters. The van der Waals surface area contributed by atoms with E-state index in [0.717, 1.165) is 12.8 Å². The second-order valence-corrected chi connectivity index (χ2v) is 7.73. The van der Waals surface area contributed by atoms with Crippen LogP contribution in [0.5, 0.6) is 0 Å². The standard InChI is InChI=1S/C23H30O2S/c1-2-23(24)25-17-11-7-5-3-4-6-8-12-18-26-22-16-15-20-13-9-10-14-21(20)19-22/h2,9-10,13-16,19H,1,3-8,11-12,17-18H2. The number of fused-ring (bicyclic) bond motifs is 1. The lowest BCUT2D eigenvalue weighted by molar-refractivity contribution is -0.137. The number of rotatable bonds is 13. The maximum absolute atomic E-state index is 10.9. The van der Waals surface area contributed by atoms with E-state index in [4.69, 9.17) is 4.74 Å². The van der Waals surface area contributed by atoms with E-state index in [2.05, 4.69) is 49.0 Å². The number of esters is 1. The van der Waals surface area contributed by atoms with E-state index in [1.54, 1.807) is 0 Å². The van der Waals surface area contributed by atoms with Crippen molar-refractivity contribution in [3.8, 4) is 0 Å². The molecular weight excluding hydrogens is 340 g/mol. The Morgan fingerprint density at radius 3 is 2.27 bits per heavy atom. The first-order valence-electron chi connectivity index (χ1n) is 9.70. The number of hydrogen-bond donors (Lipinski definition) is 0. The molecule has 2 aromatic rings. The van der Waals surface area contributed by atoms with Crippen molar-refractivity contribution in [2.24, 2.45) is 0 Å². The summed E-state index contributed by atoms with van der Waals surface area (Å²) in [4.78, 5) is 12.3. The van der Waals surface area contributed by atoms with E-state index in [0.29, 0.717) is 6.61 Å². The Balaban J connectivity index is 1.43. The highest BCUT2D eigenvalue weighted by Crippen LogP contribution is 2.24. The van der Waals surface area contributed by atoms with Crippen molar-refractivity contribution in [2.45, 2.75) is 56.3 Å². The lowest BCUT2D eigenvalue weighted by atomic mass is 10.1. The van der Waals surface area contributed by atoms with E-state index < -0.39 is 0 Å². The number of benzene rings is 2. The zero-order valence-electron chi connectivity index (χ0n) is 15.6. The third kappa shape index (κ3) is 8.09. The van der Waals surface area contributed by atoms with E-state index in [-0.39, 0.29) is 5.97 Å². The van der Waals surface area contributed by atoms with Crippen molar-refractivity contribution in [1.29, 1.82) is 0 Å². The number of carbonyl (C=O) groups is 1. The number of ether oxygens (including phenoxy) is 1. The molecule has 0 aliphatic rings. The molecule has 0 radical (unpaired) electrons. The van der Waals surface area contributed by atoms with Gasteiger partial charge in [0.05, 0.1) is 6.61 Å². The molecule has 0 N–H and O–H groups in total. The van der Waals surface area contributed by atoms with Crippen molar-refractivity contribution in [2.75, 3.05) is 12.4 Å². The highest BCUT2D eigenvalue weighted by Gasteiger charge is 1.98. The average molecular weight is 371 g/mol. The molecular formula is C23H30O2S. The van der Waals surface area contributed by atoms with Crippen molar-refractivity contribution in [3.63, 3.8) is 0 Å². The highest BCUT2D eigenvalue weighted by molar-refractivity contribution is 7.99. The van der Waals surface area contributed by atoms with E-state index >= 15 is 0 Å².